The van der Waals surface area contributed by atoms with Gasteiger partial charge in [-0.2, -0.15) is 13.2 Å². The van der Waals surface area contributed by atoms with Gasteiger partial charge in [0.15, 0.2) is 0 Å². The monoisotopic (exact) mass is 387 g/mol. The van der Waals surface area contributed by atoms with Crippen LogP contribution in [0, 0.1) is 0 Å². The lowest BCUT2D eigenvalue weighted by atomic mass is 10.2. The highest BCUT2D eigenvalue weighted by atomic mass is 32.2. The van der Waals surface area contributed by atoms with Crippen LogP contribution >= 0.6 is 0 Å². The van der Waals surface area contributed by atoms with Gasteiger partial charge in [0.05, 0.1) is 17.0 Å². The Bertz CT molecular complexity index is 856. The van der Waals surface area contributed by atoms with E-state index in [9.17, 15) is 26.4 Å². The molecular formula is C16H16F3N3O3S. The second-order valence-corrected chi connectivity index (χ2v) is 7.04. The average molecular weight is 387 g/mol. The van der Waals surface area contributed by atoms with Crippen molar-refractivity contribution in [1.82, 2.24) is 15.0 Å². The highest BCUT2D eigenvalue weighted by molar-refractivity contribution is 7.89. The smallest absolute Gasteiger partial charge is 0.355 e. The van der Waals surface area contributed by atoms with E-state index in [2.05, 4.69) is 10.3 Å². The van der Waals surface area contributed by atoms with Gasteiger partial charge in [0, 0.05) is 24.9 Å². The number of nitrogens with zero attached hydrogens (tertiary/aromatic N) is 1. The highest BCUT2D eigenvalue weighted by Gasteiger charge is 2.31. The lowest BCUT2D eigenvalue weighted by Crippen LogP contribution is -2.37. The molecule has 0 unspecified atom stereocenters. The van der Waals surface area contributed by atoms with Gasteiger partial charge in [0.2, 0.25) is 15.9 Å². The summed E-state index contributed by atoms with van der Waals surface area (Å²) in [5.41, 5.74) is -0.322. The molecule has 0 aliphatic rings. The van der Waals surface area contributed by atoms with Crippen molar-refractivity contribution in [1.29, 1.82) is 0 Å². The Morgan fingerprint density at radius 1 is 1.12 bits per heavy atom. The van der Waals surface area contributed by atoms with Gasteiger partial charge in [-0.3, -0.25) is 9.78 Å². The van der Waals surface area contributed by atoms with Gasteiger partial charge >= 0.3 is 6.18 Å². The molecule has 2 rings (SSSR count). The van der Waals surface area contributed by atoms with Crippen LogP contribution in [0.15, 0.2) is 53.6 Å². The van der Waals surface area contributed by atoms with E-state index in [-0.39, 0.29) is 6.54 Å². The zero-order valence-electron chi connectivity index (χ0n) is 13.5. The summed E-state index contributed by atoms with van der Waals surface area (Å²) < 4.78 is 64.1. The number of aromatic nitrogens is 1. The molecule has 1 aromatic heterocycles. The fourth-order valence-electron chi connectivity index (χ4n) is 2.02. The Hall–Kier alpha value is -2.46. The van der Waals surface area contributed by atoms with Crippen molar-refractivity contribution in [3.63, 3.8) is 0 Å². The molecule has 0 aliphatic heterocycles. The number of pyridine rings is 1. The summed E-state index contributed by atoms with van der Waals surface area (Å²) in [6, 6.07) is 8.63. The number of carbonyl (C=O) groups is 1. The number of halogens is 3. The van der Waals surface area contributed by atoms with Crippen LogP contribution < -0.4 is 10.0 Å². The molecule has 2 N–H and O–H groups in total. The average Bonchev–Trinajstić information content (AvgIpc) is 2.60. The van der Waals surface area contributed by atoms with E-state index in [1.165, 1.54) is 0 Å². The summed E-state index contributed by atoms with van der Waals surface area (Å²) in [6.07, 6.45) is -2.58. The van der Waals surface area contributed by atoms with Gasteiger partial charge in [0.25, 0.3) is 0 Å². The number of alkyl halides is 3. The molecule has 0 atom stereocenters. The molecule has 1 aromatic carbocycles. The van der Waals surface area contributed by atoms with Crippen molar-refractivity contribution in [2.24, 2.45) is 0 Å². The third kappa shape index (κ3) is 5.81. The fraction of sp³-hybridized carbons (Fsp3) is 0.250. The van der Waals surface area contributed by atoms with E-state index < -0.39 is 39.1 Å². The van der Waals surface area contributed by atoms with Crippen molar-refractivity contribution in [2.45, 2.75) is 17.5 Å². The number of nitrogens with one attached hydrogen (secondary N) is 2. The molecule has 0 radical (unpaired) electrons. The van der Waals surface area contributed by atoms with Crippen LogP contribution in [-0.2, 0) is 27.4 Å². The molecule has 0 bridgehead atoms. The minimum atomic E-state index is -4.66. The van der Waals surface area contributed by atoms with Crippen molar-refractivity contribution < 1.29 is 26.4 Å². The van der Waals surface area contributed by atoms with Crippen LogP contribution in [0.4, 0.5) is 13.2 Å². The maximum atomic E-state index is 12.7. The lowest BCUT2D eigenvalue weighted by molar-refractivity contribution is -0.137. The Kier molecular flexibility index (Phi) is 6.32. The molecule has 1 amide bonds. The number of rotatable bonds is 7. The minimum absolute atomic E-state index is 0.251. The second kappa shape index (κ2) is 8.28. The first-order chi connectivity index (χ1) is 12.2. The number of hydrogen-bond donors (Lipinski definition) is 2. The van der Waals surface area contributed by atoms with Gasteiger partial charge in [-0.25, -0.2) is 13.1 Å². The molecule has 0 aliphatic carbocycles. The normalized spacial score (nSPS) is 12.0. The predicted octanol–water partition coefficient (Wildman–Crippen LogP) is 1.74. The number of sulfonamides is 1. The van der Waals surface area contributed by atoms with Crippen molar-refractivity contribution in [3.8, 4) is 0 Å². The molecular weight excluding hydrogens is 371 g/mol. The lowest BCUT2D eigenvalue weighted by Gasteiger charge is -2.10. The minimum Gasteiger partial charge on any atom is -0.355 e. The summed E-state index contributed by atoms with van der Waals surface area (Å²) in [5, 5.41) is 2.50. The van der Waals surface area contributed by atoms with Gasteiger partial charge in [-0.05, 0) is 30.3 Å². The molecule has 140 valence electrons. The van der Waals surface area contributed by atoms with Gasteiger partial charge in [0.1, 0.15) is 0 Å². The Morgan fingerprint density at radius 3 is 2.54 bits per heavy atom. The summed E-state index contributed by atoms with van der Waals surface area (Å²) in [4.78, 5) is 15.2. The van der Waals surface area contributed by atoms with E-state index in [1.807, 2.05) is 4.72 Å². The maximum absolute atomic E-state index is 12.7. The van der Waals surface area contributed by atoms with E-state index in [1.54, 1.807) is 24.4 Å². The second-order valence-electron chi connectivity index (χ2n) is 5.27. The van der Waals surface area contributed by atoms with Crippen molar-refractivity contribution in [2.75, 3.05) is 13.1 Å². The Morgan fingerprint density at radius 2 is 1.88 bits per heavy atom. The van der Waals surface area contributed by atoms with Crippen LogP contribution in [0.2, 0.25) is 0 Å². The third-order valence-corrected chi connectivity index (χ3v) is 4.72. The number of carbonyl (C=O) groups excluding carboxylic acids is 1. The van der Waals surface area contributed by atoms with E-state index >= 15 is 0 Å². The van der Waals surface area contributed by atoms with Gasteiger partial charge in [-0.15, -0.1) is 0 Å². The van der Waals surface area contributed by atoms with Crippen molar-refractivity contribution in [3.05, 3.63) is 59.9 Å². The summed E-state index contributed by atoms with van der Waals surface area (Å²) >= 11 is 0. The van der Waals surface area contributed by atoms with E-state index in [0.29, 0.717) is 12.5 Å². The number of benzene rings is 1. The number of hydrogen-bond acceptors (Lipinski definition) is 4. The standard InChI is InChI=1S/C16H16F3N3O3S/c17-16(18,19)12-4-3-6-14(10-12)26(24,25)22-11-15(23)21-9-7-13-5-1-2-8-20-13/h1-6,8,10,22H,7,9,11H2,(H,21,23). The van der Waals surface area contributed by atoms with E-state index in [4.69, 9.17) is 0 Å². The first kappa shape index (κ1) is 19.9. The van der Waals surface area contributed by atoms with Crippen LogP contribution in [0.5, 0.6) is 0 Å². The quantitative estimate of drug-likeness (QED) is 0.758. The fourth-order valence-corrected chi connectivity index (χ4v) is 3.05. The van der Waals surface area contributed by atoms with Crippen LogP contribution in [-0.4, -0.2) is 32.4 Å². The molecule has 2 aromatic rings. The van der Waals surface area contributed by atoms with Gasteiger partial charge in [-0.1, -0.05) is 12.1 Å². The Balaban J connectivity index is 1.88. The zero-order chi connectivity index (χ0) is 19.2. The number of amides is 1. The SMILES string of the molecule is O=C(CNS(=O)(=O)c1cccc(C(F)(F)F)c1)NCCc1ccccn1. The van der Waals surface area contributed by atoms with Crippen LogP contribution in [0.25, 0.3) is 0 Å². The summed E-state index contributed by atoms with van der Waals surface area (Å²) in [6.45, 7) is -0.331. The largest absolute Gasteiger partial charge is 0.416 e. The topological polar surface area (TPSA) is 88.2 Å². The van der Waals surface area contributed by atoms with Gasteiger partial charge < -0.3 is 5.32 Å². The maximum Gasteiger partial charge on any atom is 0.416 e. The highest BCUT2D eigenvalue weighted by Crippen LogP contribution is 2.30. The van der Waals surface area contributed by atoms with Crippen LogP contribution in [0.1, 0.15) is 11.3 Å². The predicted molar refractivity (Wildman–Crippen MR) is 87.6 cm³/mol. The molecule has 10 heteroatoms. The van der Waals surface area contributed by atoms with Crippen LogP contribution in [0.3, 0.4) is 0 Å². The first-order valence-electron chi connectivity index (χ1n) is 7.52. The molecule has 0 fully saturated rings. The molecule has 0 spiro atoms. The summed E-state index contributed by atoms with van der Waals surface area (Å²) in [7, 11) is -4.24. The third-order valence-electron chi connectivity index (χ3n) is 3.32. The van der Waals surface area contributed by atoms with E-state index in [0.717, 1.165) is 23.9 Å². The van der Waals surface area contributed by atoms with Crippen molar-refractivity contribution >= 4 is 15.9 Å². The molecule has 26 heavy (non-hydrogen) atoms. The molecule has 1 heterocycles. The Labute approximate surface area is 148 Å². The summed E-state index contributed by atoms with van der Waals surface area (Å²) in [5.74, 6) is -0.600. The molecule has 0 saturated carbocycles. The zero-order valence-corrected chi connectivity index (χ0v) is 14.3. The molecule has 6 nitrogen and oxygen atoms in total. The molecule has 0 saturated heterocycles. The first-order valence-corrected chi connectivity index (χ1v) is 9.00.